The summed E-state index contributed by atoms with van der Waals surface area (Å²) in [6, 6.07) is 21.5. The lowest BCUT2D eigenvalue weighted by Crippen LogP contribution is -2.15. The molecule has 0 spiro atoms. The highest BCUT2D eigenvalue weighted by Crippen LogP contribution is 2.24. The maximum atomic E-state index is 13.2. The van der Waals surface area contributed by atoms with E-state index in [4.69, 9.17) is 0 Å². The van der Waals surface area contributed by atoms with Gasteiger partial charge in [-0.05, 0) is 60.9 Å². The van der Waals surface area contributed by atoms with Crippen LogP contribution in [0.15, 0.2) is 89.3 Å². The van der Waals surface area contributed by atoms with Crippen LogP contribution in [0.2, 0.25) is 0 Å². The fourth-order valence-electron chi connectivity index (χ4n) is 3.15. The molecule has 0 fully saturated rings. The minimum absolute atomic E-state index is 0.255. The van der Waals surface area contributed by atoms with Gasteiger partial charge in [-0.15, -0.1) is 0 Å². The lowest BCUT2D eigenvalue weighted by atomic mass is 9.95. The molecule has 0 aliphatic rings. The van der Waals surface area contributed by atoms with Crippen molar-refractivity contribution >= 4 is 27.0 Å². The number of sulfone groups is 1. The lowest BCUT2D eigenvalue weighted by molar-refractivity contribution is -0.111. The first-order valence-electron chi connectivity index (χ1n) is 9.35. The number of halogens is 1. The molecule has 0 saturated carbocycles. The van der Waals surface area contributed by atoms with Gasteiger partial charge in [0, 0.05) is 17.5 Å². The standard InChI is InChI=1S/C24H22FNO3S/c1-17(16-18-8-14-22(15-9-18)30(2,28)29)23(19-6-4-3-5-7-19)24(27)26-21-12-10-20(25)11-13-21/h3-15H,16H2,1-2H3,(H,26,27)/b23-17+. The van der Waals surface area contributed by atoms with Crippen LogP contribution in [0, 0.1) is 5.82 Å². The molecule has 0 heterocycles. The summed E-state index contributed by atoms with van der Waals surface area (Å²) in [5.74, 6) is -0.668. The van der Waals surface area contributed by atoms with Crippen LogP contribution in [-0.2, 0) is 21.1 Å². The van der Waals surface area contributed by atoms with E-state index in [1.165, 1.54) is 30.5 Å². The predicted molar refractivity (Wildman–Crippen MR) is 117 cm³/mol. The van der Waals surface area contributed by atoms with Crippen molar-refractivity contribution in [2.75, 3.05) is 11.6 Å². The van der Waals surface area contributed by atoms with Crippen LogP contribution >= 0.6 is 0 Å². The molecule has 3 aromatic carbocycles. The van der Waals surface area contributed by atoms with Gasteiger partial charge in [-0.3, -0.25) is 4.79 Å². The maximum Gasteiger partial charge on any atom is 0.256 e. The quantitative estimate of drug-likeness (QED) is 0.575. The largest absolute Gasteiger partial charge is 0.322 e. The highest BCUT2D eigenvalue weighted by molar-refractivity contribution is 7.90. The molecule has 3 rings (SSSR count). The Kier molecular flexibility index (Phi) is 6.47. The van der Waals surface area contributed by atoms with E-state index in [-0.39, 0.29) is 16.6 Å². The smallest absolute Gasteiger partial charge is 0.256 e. The number of anilines is 1. The molecule has 0 atom stereocenters. The molecule has 30 heavy (non-hydrogen) atoms. The maximum absolute atomic E-state index is 13.2. The van der Waals surface area contributed by atoms with Crippen LogP contribution in [0.3, 0.4) is 0 Å². The van der Waals surface area contributed by atoms with Gasteiger partial charge >= 0.3 is 0 Å². The highest BCUT2D eigenvalue weighted by atomic mass is 32.2. The molecule has 0 radical (unpaired) electrons. The summed E-state index contributed by atoms with van der Waals surface area (Å²) in [6.45, 7) is 1.87. The Hall–Kier alpha value is -3.25. The number of carbonyl (C=O) groups is 1. The number of nitrogens with one attached hydrogen (secondary N) is 1. The predicted octanol–water partition coefficient (Wildman–Crippen LogP) is 4.88. The fourth-order valence-corrected chi connectivity index (χ4v) is 3.78. The molecule has 0 aliphatic heterocycles. The summed E-state index contributed by atoms with van der Waals surface area (Å²) in [6.07, 6.45) is 1.64. The molecular weight excluding hydrogens is 401 g/mol. The van der Waals surface area contributed by atoms with Crippen LogP contribution in [0.4, 0.5) is 10.1 Å². The number of benzene rings is 3. The molecule has 0 aliphatic carbocycles. The van der Waals surface area contributed by atoms with Crippen LogP contribution in [0.5, 0.6) is 0 Å². The number of amides is 1. The van der Waals surface area contributed by atoms with Crippen molar-refractivity contribution in [3.63, 3.8) is 0 Å². The van der Waals surface area contributed by atoms with Crippen molar-refractivity contribution in [2.24, 2.45) is 0 Å². The number of hydrogen-bond donors (Lipinski definition) is 1. The number of allylic oxidation sites excluding steroid dienone is 1. The van der Waals surface area contributed by atoms with E-state index in [0.29, 0.717) is 17.7 Å². The SMILES string of the molecule is C/C(Cc1ccc(S(C)(=O)=O)cc1)=C(\C(=O)Nc1ccc(F)cc1)c1ccccc1. The van der Waals surface area contributed by atoms with Crippen molar-refractivity contribution in [1.29, 1.82) is 0 Å². The normalized spacial score (nSPS) is 12.2. The molecule has 0 unspecified atom stereocenters. The van der Waals surface area contributed by atoms with Crippen molar-refractivity contribution in [3.8, 4) is 0 Å². The van der Waals surface area contributed by atoms with Crippen LogP contribution in [-0.4, -0.2) is 20.6 Å². The highest BCUT2D eigenvalue weighted by Gasteiger charge is 2.16. The molecular formula is C24H22FNO3S. The van der Waals surface area contributed by atoms with Gasteiger partial charge in [0.2, 0.25) is 0 Å². The lowest BCUT2D eigenvalue weighted by Gasteiger charge is -2.14. The Morgan fingerprint density at radius 2 is 1.50 bits per heavy atom. The third kappa shape index (κ3) is 5.42. The first kappa shape index (κ1) is 21.5. The van der Waals surface area contributed by atoms with Gasteiger partial charge < -0.3 is 5.32 Å². The second kappa shape index (κ2) is 9.05. The van der Waals surface area contributed by atoms with Gasteiger partial charge in [0.05, 0.1) is 4.90 Å². The molecule has 1 N–H and O–H groups in total. The fraction of sp³-hybridized carbons (Fsp3) is 0.125. The zero-order chi connectivity index (χ0) is 21.7. The van der Waals surface area contributed by atoms with Gasteiger partial charge in [0.15, 0.2) is 9.84 Å². The van der Waals surface area contributed by atoms with Crippen LogP contribution < -0.4 is 5.32 Å². The van der Waals surface area contributed by atoms with Crippen molar-refractivity contribution in [1.82, 2.24) is 0 Å². The minimum Gasteiger partial charge on any atom is -0.322 e. The van der Waals surface area contributed by atoms with E-state index in [9.17, 15) is 17.6 Å². The van der Waals surface area contributed by atoms with E-state index < -0.39 is 9.84 Å². The van der Waals surface area contributed by atoms with Crippen molar-refractivity contribution in [2.45, 2.75) is 18.2 Å². The van der Waals surface area contributed by atoms with E-state index >= 15 is 0 Å². The van der Waals surface area contributed by atoms with Crippen LogP contribution in [0.25, 0.3) is 5.57 Å². The molecule has 0 aromatic heterocycles. The summed E-state index contributed by atoms with van der Waals surface area (Å²) in [5, 5.41) is 2.82. The monoisotopic (exact) mass is 423 g/mol. The number of carbonyl (C=O) groups excluding carboxylic acids is 1. The zero-order valence-corrected chi connectivity index (χ0v) is 17.5. The Morgan fingerprint density at radius 1 is 0.900 bits per heavy atom. The summed E-state index contributed by atoms with van der Waals surface area (Å²) in [4.78, 5) is 13.3. The third-order valence-corrected chi connectivity index (χ3v) is 5.77. The first-order valence-corrected chi connectivity index (χ1v) is 11.2. The second-order valence-electron chi connectivity index (χ2n) is 7.08. The molecule has 4 nitrogen and oxygen atoms in total. The molecule has 3 aromatic rings. The van der Waals surface area contributed by atoms with Crippen LogP contribution in [0.1, 0.15) is 18.1 Å². The van der Waals surface area contributed by atoms with Crippen molar-refractivity contribution < 1.29 is 17.6 Å². The van der Waals surface area contributed by atoms with Gasteiger partial charge in [-0.1, -0.05) is 48.0 Å². The van der Waals surface area contributed by atoms with E-state index in [1.54, 1.807) is 24.3 Å². The van der Waals surface area contributed by atoms with E-state index in [0.717, 1.165) is 16.7 Å². The molecule has 0 saturated heterocycles. The van der Waals surface area contributed by atoms with E-state index in [2.05, 4.69) is 5.32 Å². The Morgan fingerprint density at radius 3 is 2.07 bits per heavy atom. The minimum atomic E-state index is -3.26. The van der Waals surface area contributed by atoms with Gasteiger partial charge in [-0.2, -0.15) is 0 Å². The molecule has 6 heteroatoms. The summed E-state index contributed by atoms with van der Waals surface area (Å²) < 4.78 is 36.5. The first-order chi connectivity index (χ1) is 14.2. The topological polar surface area (TPSA) is 63.2 Å². The average molecular weight is 424 g/mol. The summed E-state index contributed by atoms with van der Waals surface area (Å²) in [7, 11) is -3.26. The summed E-state index contributed by atoms with van der Waals surface area (Å²) in [5.41, 5.74) is 3.51. The summed E-state index contributed by atoms with van der Waals surface area (Å²) >= 11 is 0. The second-order valence-corrected chi connectivity index (χ2v) is 9.09. The Labute approximate surface area is 176 Å². The zero-order valence-electron chi connectivity index (χ0n) is 16.7. The third-order valence-electron chi connectivity index (χ3n) is 4.64. The van der Waals surface area contributed by atoms with Crippen molar-refractivity contribution in [3.05, 3.63) is 101 Å². The van der Waals surface area contributed by atoms with Gasteiger partial charge in [-0.25, -0.2) is 12.8 Å². The Bertz CT molecular complexity index is 1170. The number of hydrogen-bond acceptors (Lipinski definition) is 3. The average Bonchev–Trinajstić information content (AvgIpc) is 2.70. The molecule has 0 bridgehead atoms. The van der Waals surface area contributed by atoms with E-state index in [1.807, 2.05) is 37.3 Å². The Balaban J connectivity index is 1.93. The number of rotatable bonds is 6. The van der Waals surface area contributed by atoms with Gasteiger partial charge in [0.25, 0.3) is 5.91 Å². The van der Waals surface area contributed by atoms with Gasteiger partial charge in [0.1, 0.15) is 5.82 Å². The molecule has 154 valence electrons. The molecule has 1 amide bonds.